The number of rotatable bonds is 28. The number of ether oxygens (including phenoxy) is 6. The van der Waals surface area contributed by atoms with Crippen LogP contribution in [0, 0.1) is 6.92 Å². The number of hydrogen-bond donors (Lipinski definition) is 0. The van der Waals surface area contributed by atoms with Crippen LogP contribution in [0.15, 0.2) is 96.0 Å². The standard InChI is InChI=1S/C63H71N5O15S3/c1-40-27-49-43(15-16-46-31-44-11-7-9-13-52(44)66(46)60(49)71)33-54(40)81-37-41-28-42(38-82-56-35-51-50(34-55(56)77-5)61(72)67-48(36-64-51)32-45-12-8-10-14-53(45)67)30-47(29-41)65(20-21-79-24-25-80-23-22-76-4)39-63(2,3)85-84-26-19-57(86(74,75)78-6)62(73)83-68-58(69)17-18-59(68)70/h7-14,27-30,33-36,46,48,57H,15-26,31-32,37-39H2,1-6H3/t46-,48+,57?/m1/s1. The molecule has 20 nitrogen and oxygen atoms in total. The Bertz CT molecular complexity index is 3510. The molecule has 0 bridgehead atoms. The van der Waals surface area contributed by atoms with Crippen LogP contribution in [-0.4, -0.2) is 145 Å². The van der Waals surface area contributed by atoms with Crippen LogP contribution in [-0.2, 0) is 80.2 Å². The van der Waals surface area contributed by atoms with E-state index in [9.17, 15) is 32.4 Å². The lowest BCUT2D eigenvalue weighted by Gasteiger charge is -2.34. The molecule has 1 fully saturated rings. The predicted octanol–water partition coefficient (Wildman–Crippen LogP) is 8.95. The third-order valence-electron chi connectivity index (χ3n) is 15.6. The number of para-hydroxylation sites is 2. The summed E-state index contributed by atoms with van der Waals surface area (Å²) in [5.74, 6) is -1.37. The number of aryl methyl sites for hydroxylation is 2. The van der Waals surface area contributed by atoms with E-state index in [-0.39, 0.29) is 62.1 Å². The Morgan fingerprint density at radius 2 is 1.38 bits per heavy atom. The first-order valence-electron chi connectivity index (χ1n) is 28.6. The summed E-state index contributed by atoms with van der Waals surface area (Å²) in [5, 5.41) is -1.48. The first-order chi connectivity index (χ1) is 41.4. The highest BCUT2D eigenvalue weighted by molar-refractivity contribution is 8.77. The van der Waals surface area contributed by atoms with E-state index in [1.54, 1.807) is 24.1 Å². The monoisotopic (exact) mass is 1230 g/mol. The van der Waals surface area contributed by atoms with Crippen LogP contribution in [0.1, 0.15) is 93.6 Å². The molecule has 0 aliphatic carbocycles. The number of amides is 4. The van der Waals surface area contributed by atoms with Crippen molar-refractivity contribution < 1.29 is 69.8 Å². The van der Waals surface area contributed by atoms with Gasteiger partial charge >= 0.3 is 5.97 Å². The van der Waals surface area contributed by atoms with Crippen molar-refractivity contribution in [1.29, 1.82) is 0 Å². The fraction of sp³-hybridized carbons (Fsp3) is 0.429. The zero-order valence-electron chi connectivity index (χ0n) is 49.1. The number of carbonyl (C=O) groups is 5. The third-order valence-corrected chi connectivity index (χ3v) is 20.5. The van der Waals surface area contributed by atoms with Crippen molar-refractivity contribution in [2.45, 2.75) is 101 Å². The molecular weight excluding hydrogens is 1160 g/mol. The second-order valence-electron chi connectivity index (χ2n) is 22.2. The largest absolute Gasteiger partial charge is 0.493 e. The molecule has 0 spiro atoms. The smallest absolute Gasteiger partial charge is 0.353 e. The molecule has 0 N–H and O–H groups in total. The lowest BCUT2D eigenvalue weighted by atomic mass is 9.98. The van der Waals surface area contributed by atoms with Gasteiger partial charge in [0.2, 0.25) is 0 Å². The van der Waals surface area contributed by atoms with Gasteiger partial charge in [-0.1, -0.05) is 58.0 Å². The Morgan fingerprint density at radius 1 is 0.733 bits per heavy atom. The number of anilines is 3. The van der Waals surface area contributed by atoms with Gasteiger partial charge < -0.3 is 43.1 Å². The van der Waals surface area contributed by atoms with Gasteiger partial charge in [-0.2, -0.15) is 8.42 Å². The summed E-state index contributed by atoms with van der Waals surface area (Å²) in [4.78, 5) is 82.1. The molecule has 456 valence electrons. The third kappa shape index (κ3) is 14.0. The average molecular weight is 1230 g/mol. The van der Waals surface area contributed by atoms with Gasteiger partial charge in [-0.25, -0.2) is 4.79 Å². The number of methoxy groups -OCH3 is 2. The topological polar surface area (TPSA) is 219 Å². The number of aliphatic imine (C=N–C) groups is 1. The number of carbonyl (C=O) groups excluding carboxylic acids is 5. The number of hydroxylamine groups is 2. The molecule has 0 radical (unpaired) electrons. The van der Waals surface area contributed by atoms with Gasteiger partial charge in [0, 0.05) is 90.9 Å². The summed E-state index contributed by atoms with van der Waals surface area (Å²) in [7, 11) is 2.44. The number of benzene rings is 5. The van der Waals surface area contributed by atoms with Crippen molar-refractivity contribution >= 4 is 90.3 Å². The van der Waals surface area contributed by atoms with E-state index in [0.717, 1.165) is 64.8 Å². The van der Waals surface area contributed by atoms with Crippen molar-refractivity contribution in [3.05, 3.63) is 136 Å². The molecule has 0 aromatic heterocycles. The molecule has 23 heteroatoms. The highest BCUT2D eigenvalue weighted by atomic mass is 33.1. The molecule has 10 rings (SSSR count). The fourth-order valence-corrected chi connectivity index (χ4v) is 15.1. The Hall–Kier alpha value is -6.99. The van der Waals surface area contributed by atoms with Crippen LogP contribution >= 0.6 is 21.6 Å². The summed E-state index contributed by atoms with van der Waals surface area (Å²) in [6.07, 6.45) is 4.29. The van der Waals surface area contributed by atoms with Crippen LogP contribution in [0.3, 0.4) is 0 Å². The minimum absolute atomic E-state index is 0.00409. The Labute approximate surface area is 509 Å². The predicted molar refractivity (Wildman–Crippen MR) is 329 cm³/mol. The van der Waals surface area contributed by atoms with Crippen molar-refractivity contribution in [2.24, 2.45) is 4.99 Å². The molecule has 5 aliphatic rings. The molecular formula is C63H71N5O15S3. The molecule has 5 aromatic carbocycles. The minimum atomic E-state index is -4.48. The van der Waals surface area contributed by atoms with Crippen molar-refractivity contribution in [3.63, 3.8) is 0 Å². The number of fused-ring (bicyclic) bond motifs is 8. The van der Waals surface area contributed by atoms with Crippen LogP contribution in [0.25, 0.3) is 0 Å². The van der Waals surface area contributed by atoms with Crippen LogP contribution < -0.4 is 28.9 Å². The molecule has 86 heavy (non-hydrogen) atoms. The van der Waals surface area contributed by atoms with Crippen molar-refractivity contribution in [2.75, 3.05) is 87.9 Å². The molecule has 5 heterocycles. The molecule has 0 saturated carbocycles. The summed E-state index contributed by atoms with van der Waals surface area (Å²) in [6, 6.07) is 29.3. The molecule has 4 amide bonds. The van der Waals surface area contributed by atoms with E-state index in [1.165, 1.54) is 34.3 Å². The Morgan fingerprint density at radius 3 is 2.08 bits per heavy atom. The van der Waals surface area contributed by atoms with Crippen molar-refractivity contribution in [1.82, 2.24) is 5.06 Å². The molecule has 1 unspecified atom stereocenters. The van der Waals surface area contributed by atoms with Crippen LogP contribution in [0.4, 0.5) is 22.7 Å². The van der Waals surface area contributed by atoms with Gasteiger partial charge in [0.15, 0.2) is 16.7 Å². The zero-order valence-corrected chi connectivity index (χ0v) is 51.5. The second kappa shape index (κ2) is 27.4. The average Bonchev–Trinajstić information content (AvgIpc) is 1.97. The molecule has 1 saturated heterocycles. The Kier molecular flexibility index (Phi) is 19.8. The lowest BCUT2D eigenvalue weighted by Crippen LogP contribution is -2.40. The van der Waals surface area contributed by atoms with Gasteiger partial charge in [-0.3, -0.25) is 33.3 Å². The first-order valence-corrected chi connectivity index (χ1v) is 32.4. The van der Waals surface area contributed by atoms with Gasteiger partial charge in [0.05, 0.1) is 64.5 Å². The maximum Gasteiger partial charge on any atom is 0.353 e. The first kappa shape index (κ1) is 62.1. The summed E-state index contributed by atoms with van der Waals surface area (Å²) < 4.78 is 66.5. The highest BCUT2D eigenvalue weighted by Crippen LogP contribution is 2.43. The van der Waals surface area contributed by atoms with Crippen molar-refractivity contribution in [3.8, 4) is 17.2 Å². The maximum atomic E-state index is 14.3. The van der Waals surface area contributed by atoms with E-state index in [1.807, 2.05) is 84.8 Å². The van der Waals surface area contributed by atoms with Gasteiger partial charge in [0.1, 0.15) is 19.0 Å². The zero-order chi connectivity index (χ0) is 60.7. The minimum Gasteiger partial charge on any atom is -0.493 e. The Balaban J connectivity index is 0.917. The van der Waals surface area contributed by atoms with Crippen LogP contribution in [0.5, 0.6) is 17.2 Å². The lowest BCUT2D eigenvalue weighted by molar-refractivity contribution is -0.197. The van der Waals surface area contributed by atoms with Gasteiger partial charge in [0.25, 0.3) is 33.7 Å². The quantitative estimate of drug-likeness (QED) is 0.0197. The molecule has 5 aliphatic heterocycles. The normalized spacial score (nSPS) is 17.3. The number of nitrogens with zero attached hydrogens (tertiary/aromatic N) is 5. The SMILES string of the molecule is COCCOCCOCCN(CC(C)(C)SSCCC(C(=O)ON1C(=O)CCC1=O)S(=O)(=O)OC)c1cc(COc2cc3c(cc2C)C(=O)N2c4ccccc4C[C@H]2CC3)cc(COc2cc3c(cc2OC)C(=O)N2c4ccccc4C[C@H]2C=N3)c1. The van der Waals surface area contributed by atoms with E-state index in [0.29, 0.717) is 98.1 Å². The number of hydrogen-bond acceptors (Lipinski definition) is 19. The van der Waals surface area contributed by atoms with E-state index in [2.05, 4.69) is 30.9 Å². The van der Waals surface area contributed by atoms with E-state index >= 15 is 0 Å². The van der Waals surface area contributed by atoms with E-state index < -0.39 is 37.9 Å². The van der Waals surface area contributed by atoms with Crippen LogP contribution in [0.2, 0.25) is 0 Å². The summed E-state index contributed by atoms with van der Waals surface area (Å²) >= 11 is 0. The summed E-state index contributed by atoms with van der Waals surface area (Å²) in [5.41, 5.74) is 9.81. The van der Waals surface area contributed by atoms with E-state index in [4.69, 9.17) is 42.4 Å². The van der Waals surface area contributed by atoms with Gasteiger partial charge in [-0.15, -0.1) is 5.06 Å². The number of imide groups is 1. The molecule has 3 atom stereocenters. The highest BCUT2D eigenvalue weighted by Gasteiger charge is 2.42. The van der Waals surface area contributed by atoms with Gasteiger partial charge in [-0.05, 0) is 128 Å². The fourth-order valence-electron chi connectivity index (χ4n) is 11.4. The maximum absolute atomic E-state index is 14.3. The molecule has 5 aromatic rings. The second-order valence-corrected chi connectivity index (χ2v) is 27.2. The summed E-state index contributed by atoms with van der Waals surface area (Å²) in [6.45, 7) is 9.08.